The summed E-state index contributed by atoms with van der Waals surface area (Å²) in [6.07, 6.45) is 2.38. The van der Waals surface area contributed by atoms with Crippen LogP contribution >= 0.6 is 11.8 Å². The van der Waals surface area contributed by atoms with Crippen LogP contribution in [0.5, 0.6) is 0 Å². The number of nitrogens with zero attached hydrogens (tertiary/aromatic N) is 3. The molecular formula is C29H41N3O4S. The normalized spacial score (nSPS) is 15.5. The van der Waals surface area contributed by atoms with E-state index in [1.165, 1.54) is 17.3 Å². The highest BCUT2D eigenvalue weighted by Crippen LogP contribution is 2.28. The third kappa shape index (κ3) is 7.03. The summed E-state index contributed by atoms with van der Waals surface area (Å²) in [5.74, 6) is -0.278. The first-order valence-electron chi connectivity index (χ1n) is 13.2. The summed E-state index contributed by atoms with van der Waals surface area (Å²) >= 11 is 1.35. The second kappa shape index (κ2) is 12.3. The minimum atomic E-state index is -0.340. The molecule has 1 aromatic heterocycles. The van der Waals surface area contributed by atoms with Crippen molar-refractivity contribution >= 4 is 23.6 Å². The third-order valence-corrected chi connectivity index (χ3v) is 8.47. The monoisotopic (exact) mass is 527 g/mol. The fraction of sp³-hybridized carbons (Fsp3) is 0.586. The number of thioether (sulfide) groups is 1. The molecule has 2 aromatic rings. The first-order valence-corrected chi connectivity index (χ1v) is 14.1. The highest BCUT2D eigenvalue weighted by molar-refractivity contribution is 8.00. The fourth-order valence-corrected chi connectivity index (χ4v) is 5.70. The van der Waals surface area contributed by atoms with Crippen molar-refractivity contribution in [2.75, 3.05) is 19.7 Å². The summed E-state index contributed by atoms with van der Waals surface area (Å²) in [5.41, 5.74) is 3.70. The molecule has 1 fully saturated rings. The van der Waals surface area contributed by atoms with E-state index >= 15 is 0 Å². The van der Waals surface area contributed by atoms with Gasteiger partial charge in [-0.15, -0.1) is 0 Å². The van der Waals surface area contributed by atoms with Gasteiger partial charge in [0.25, 0.3) is 5.56 Å². The lowest BCUT2D eigenvalue weighted by Crippen LogP contribution is -2.44. The molecule has 0 saturated carbocycles. The average Bonchev–Trinajstić information content (AvgIpc) is 2.87. The Morgan fingerprint density at radius 3 is 2.30 bits per heavy atom. The van der Waals surface area contributed by atoms with Crippen LogP contribution in [0.2, 0.25) is 0 Å². The molecule has 0 spiro atoms. The molecule has 202 valence electrons. The van der Waals surface area contributed by atoms with Crippen molar-refractivity contribution in [2.45, 2.75) is 83.0 Å². The number of rotatable bonds is 8. The van der Waals surface area contributed by atoms with E-state index in [1.807, 2.05) is 18.7 Å². The van der Waals surface area contributed by atoms with E-state index in [2.05, 4.69) is 45.0 Å². The molecule has 37 heavy (non-hydrogen) atoms. The Morgan fingerprint density at radius 2 is 1.76 bits per heavy atom. The van der Waals surface area contributed by atoms with E-state index in [0.717, 1.165) is 5.56 Å². The van der Waals surface area contributed by atoms with Gasteiger partial charge in [-0.25, -0.2) is 4.98 Å². The number of carbonyl (C=O) groups is 2. The molecule has 1 aliphatic heterocycles. The molecule has 7 nitrogen and oxygen atoms in total. The van der Waals surface area contributed by atoms with Gasteiger partial charge in [-0.3, -0.25) is 19.0 Å². The van der Waals surface area contributed by atoms with Gasteiger partial charge < -0.3 is 9.64 Å². The maximum absolute atomic E-state index is 13.3. The summed E-state index contributed by atoms with van der Waals surface area (Å²) in [7, 11) is 1.73. The Kier molecular flexibility index (Phi) is 9.62. The van der Waals surface area contributed by atoms with Crippen molar-refractivity contribution in [1.82, 2.24) is 14.5 Å². The SMILES string of the molecule is CCOC(=O)C1CCN(C(=O)C(CC)Sc2nc(C)c(Cc3ccc(C(C)(C)C)cc3)c(=O)n2C)CC1. The summed E-state index contributed by atoms with van der Waals surface area (Å²) in [6.45, 7) is 13.6. The van der Waals surface area contributed by atoms with Crippen LogP contribution in [0.25, 0.3) is 0 Å². The number of hydrogen-bond acceptors (Lipinski definition) is 6. The Hall–Kier alpha value is -2.61. The summed E-state index contributed by atoms with van der Waals surface area (Å²) < 4.78 is 6.71. The Balaban J connectivity index is 1.71. The minimum Gasteiger partial charge on any atom is -0.466 e. The van der Waals surface area contributed by atoms with Gasteiger partial charge in [0.15, 0.2) is 5.16 Å². The Labute approximate surface area is 225 Å². The lowest BCUT2D eigenvalue weighted by Gasteiger charge is -2.33. The lowest BCUT2D eigenvalue weighted by atomic mass is 9.86. The van der Waals surface area contributed by atoms with Crippen LogP contribution in [0.1, 0.15) is 76.3 Å². The second-order valence-electron chi connectivity index (χ2n) is 10.8. The predicted molar refractivity (Wildman–Crippen MR) is 148 cm³/mol. The first kappa shape index (κ1) is 29.0. The van der Waals surface area contributed by atoms with Crippen molar-refractivity contribution in [3.63, 3.8) is 0 Å². The van der Waals surface area contributed by atoms with Crippen LogP contribution in [-0.4, -0.2) is 51.3 Å². The molecule has 8 heteroatoms. The fourth-order valence-electron chi connectivity index (χ4n) is 4.60. The molecule has 2 heterocycles. The van der Waals surface area contributed by atoms with Gasteiger partial charge in [-0.1, -0.05) is 63.7 Å². The molecule has 1 amide bonds. The molecule has 1 saturated heterocycles. The zero-order valence-electron chi connectivity index (χ0n) is 23.3. The van der Waals surface area contributed by atoms with Crippen molar-refractivity contribution < 1.29 is 14.3 Å². The maximum Gasteiger partial charge on any atom is 0.309 e. The molecule has 0 radical (unpaired) electrons. The zero-order valence-corrected chi connectivity index (χ0v) is 24.1. The van der Waals surface area contributed by atoms with Gasteiger partial charge in [0.1, 0.15) is 0 Å². The topological polar surface area (TPSA) is 81.5 Å². The van der Waals surface area contributed by atoms with E-state index in [4.69, 9.17) is 9.72 Å². The second-order valence-corrected chi connectivity index (χ2v) is 12.0. The lowest BCUT2D eigenvalue weighted by molar-refractivity contribution is -0.151. The van der Waals surface area contributed by atoms with Crippen LogP contribution in [-0.2, 0) is 33.2 Å². The van der Waals surface area contributed by atoms with E-state index in [-0.39, 0.29) is 34.0 Å². The molecular weight excluding hydrogens is 486 g/mol. The number of esters is 1. The number of benzene rings is 1. The molecule has 3 rings (SSSR count). The number of piperidine rings is 1. The summed E-state index contributed by atoms with van der Waals surface area (Å²) in [5, 5.41) is 0.211. The highest BCUT2D eigenvalue weighted by atomic mass is 32.2. The summed E-state index contributed by atoms with van der Waals surface area (Å²) in [4.78, 5) is 45.2. The van der Waals surface area contributed by atoms with Crippen LogP contribution < -0.4 is 5.56 Å². The molecule has 0 aliphatic carbocycles. The Bertz CT molecular complexity index is 1160. The number of amides is 1. The third-order valence-electron chi connectivity index (χ3n) is 7.07. The van der Waals surface area contributed by atoms with Crippen LogP contribution in [0, 0.1) is 12.8 Å². The van der Waals surface area contributed by atoms with E-state index in [1.54, 1.807) is 18.5 Å². The molecule has 1 aliphatic rings. The van der Waals surface area contributed by atoms with E-state index in [0.29, 0.717) is 61.8 Å². The van der Waals surface area contributed by atoms with E-state index < -0.39 is 0 Å². The van der Waals surface area contributed by atoms with Gasteiger partial charge in [-0.05, 0) is 49.7 Å². The first-order chi connectivity index (χ1) is 17.5. The molecule has 1 atom stereocenters. The number of ether oxygens (including phenoxy) is 1. The smallest absolute Gasteiger partial charge is 0.309 e. The number of hydrogen-bond donors (Lipinski definition) is 0. The summed E-state index contributed by atoms with van der Waals surface area (Å²) in [6, 6.07) is 8.41. The standard InChI is InChI=1S/C29H41N3O4S/c1-8-24(26(34)32-16-14-21(15-17-32)27(35)36-9-2)37-28-30-19(3)23(25(33)31(28)7)18-20-10-12-22(13-11-20)29(4,5)6/h10-13,21,24H,8-9,14-18H2,1-7H3. The zero-order chi connectivity index (χ0) is 27.3. The Morgan fingerprint density at radius 1 is 1.14 bits per heavy atom. The highest BCUT2D eigenvalue weighted by Gasteiger charge is 2.32. The van der Waals surface area contributed by atoms with Gasteiger partial charge in [0.05, 0.1) is 17.8 Å². The average molecular weight is 528 g/mol. The van der Waals surface area contributed by atoms with Crippen LogP contribution in [0.3, 0.4) is 0 Å². The number of likely N-dealkylation sites (tertiary alicyclic amines) is 1. The van der Waals surface area contributed by atoms with Crippen molar-refractivity contribution in [3.05, 3.63) is 57.0 Å². The maximum atomic E-state index is 13.3. The molecule has 0 bridgehead atoms. The van der Waals surface area contributed by atoms with Crippen molar-refractivity contribution in [2.24, 2.45) is 13.0 Å². The van der Waals surface area contributed by atoms with E-state index in [9.17, 15) is 14.4 Å². The molecule has 1 aromatic carbocycles. The van der Waals surface area contributed by atoms with Gasteiger partial charge in [0.2, 0.25) is 5.91 Å². The minimum absolute atomic E-state index is 0.0322. The van der Waals surface area contributed by atoms with Crippen molar-refractivity contribution in [3.8, 4) is 0 Å². The van der Waals surface area contributed by atoms with Crippen LogP contribution in [0.4, 0.5) is 0 Å². The van der Waals surface area contributed by atoms with Crippen molar-refractivity contribution in [1.29, 1.82) is 0 Å². The van der Waals surface area contributed by atoms with Gasteiger partial charge >= 0.3 is 5.97 Å². The quantitative estimate of drug-likeness (QED) is 0.282. The number of aromatic nitrogens is 2. The largest absolute Gasteiger partial charge is 0.466 e. The molecule has 1 unspecified atom stereocenters. The van der Waals surface area contributed by atoms with Gasteiger partial charge in [0, 0.05) is 37.8 Å². The number of aryl methyl sites for hydroxylation is 1. The van der Waals surface area contributed by atoms with Crippen LogP contribution in [0.15, 0.2) is 34.2 Å². The van der Waals surface area contributed by atoms with Gasteiger partial charge in [-0.2, -0.15) is 0 Å². The molecule has 0 N–H and O–H groups in total. The predicted octanol–water partition coefficient (Wildman–Crippen LogP) is 4.65. The number of carbonyl (C=O) groups excluding carboxylic acids is 2.